The topological polar surface area (TPSA) is 23.6 Å². The summed E-state index contributed by atoms with van der Waals surface area (Å²) in [6.07, 6.45) is 0. The average Bonchev–Trinajstić information content (AvgIpc) is 2.99. The van der Waals surface area contributed by atoms with Crippen LogP contribution < -0.4 is 0 Å². The first-order valence-electron chi connectivity index (χ1n) is 7.73. The number of thiophene rings is 1. The number of carbonyl (C=O) groups excluding carboxylic acids is 1. The lowest BCUT2D eigenvalue weighted by Gasteiger charge is -2.34. The minimum atomic E-state index is 0.169. The third-order valence-corrected chi connectivity index (χ3v) is 4.85. The van der Waals surface area contributed by atoms with Gasteiger partial charge in [0.2, 0.25) is 0 Å². The number of rotatable bonds is 3. The van der Waals surface area contributed by atoms with E-state index in [1.165, 1.54) is 5.56 Å². The molecular formula is C18H22N2OS. The van der Waals surface area contributed by atoms with E-state index in [0.29, 0.717) is 0 Å². The highest BCUT2D eigenvalue weighted by molar-refractivity contribution is 7.07. The Morgan fingerprint density at radius 1 is 1.09 bits per heavy atom. The molecule has 0 bridgehead atoms. The third-order valence-electron chi connectivity index (χ3n) is 4.11. The molecule has 1 aromatic heterocycles. The SMILES string of the molecule is Cc1cc(C)cc(C(=O)N2CCN(Cc3ccsc3)CC2)c1. The number of nitrogens with zero attached hydrogens (tertiary/aromatic N) is 2. The maximum absolute atomic E-state index is 12.6. The number of benzene rings is 1. The van der Waals surface area contributed by atoms with Gasteiger partial charge in [0.05, 0.1) is 0 Å². The van der Waals surface area contributed by atoms with E-state index in [1.54, 1.807) is 11.3 Å². The average molecular weight is 314 g/mol. The summed E-state index contributed by atoms with van der Waals surface area (Å²) in [6.45, 7) is 8.62. The van der Waals surface area contributed by atoms with Gasteiger partial charge in [-0.3, -0.25) is 9.69 Å². The fourth-order valence-corrected chi connectivity index (χ4v) is 3.69. The lowest BCUT2D eigenvalue weighted by molar-refractivity contribution is 0.0628. The smallest absolute Gasteiger partial charge is 0.253 e. The molecule has 2 heterocycles. The molecule has 0 unspecified atom stereocenters. The monoisotopic (exact) mass is 314 g/mol. The molecule has 2 aromatic rings. The minimum absolute atomic E-state index is 0.169. The zero-order chi connectivity index (χ0) is 15.5. The van der Waals surface area contributed by atoms with E-state index in [-0.39, 0.29) is 5.91 Å². The van der Waals surface area contributed by atoms with Crippen LogP contribution in [0.25, 0.3) is 0 Å². The van der Waals surface area contributed by atoms with Crippen LogP contribution in [0.2, 0.25) is 0 Å². The van der Waals surface area contributed by atoms with Gasteiger partial charge in [-0.1, -0.05) is 17.2 Å². The maximum atomic E-state index is 12.6. The van der Waals surface area contributed by atoms with Crippen LogP contribution in [0.1, 0.15) is 27.0 Å². The van der Waals surface area contributed by atoms with Gasteiger partial charge in [-0.25, -0.2) is 0 Å². The quantitative estimate of drug-likeness (QED) is 0.867. The Balaban J connectivity index is 1.59. The van der Waals surface area contributed by atoms with E-state index < -0.39 is 0 Å². The van der Waals surface area contributed by atoms with Crippen LogP contribution in [0.4, 0.5) is 0 Å². The normalized spacial score (nSPS) is 16.0. The number of piperazine rings is 1. The molecule has 1 aliphatic rings. The summed E-state index contributed by atoms with van der Waals surface area (Å²) >= 11 is 1.74. The van der Waals surface area contributed by atoms with E-state index in [1.807, 2.05) is 30.9 Å². The predicted octanol–water partition coefficient (Wildman–Crippen LogP) is 3.32. The van der Waals surface area contributed by atoms with E-state index in [2.05, 4.69) is 27.8 Å². The summed E-state index contributed by atoms with van der Waals surface area (Å²) in [5.74, 6) is 0.169. The number of carbonyl (C=O) groups is 1. The molecule has 0 spiro atoms. The molecule has 4 heteroatoms. The molecular weight excluding hydrogens is 292 g/mol. The van der Waals surface area contributed by atoms with Crippen molar-refractivity contribution in [1.82, 2.24) is 9.80 Å². The first kappa shape index (κ1) is 15.3. The molecule has 0 atom stereocenters. The summed E-state index contributed by atoms with van der Waals surface area (Å²) in [5, 5.41) is 4.32. The van der Waals surface area contributed by atoms with Crippen molar-refractivity contribution >= 4 is 17.2 Å². The van der Waals surface area contributed by atoms with Crippen molar-refractivity contribution in [3.63, 3.8) is 0 Å². The highest BCUT2D eigenvalue weighted by atomic mass is 32.1. The Morgan fingerprint density at radius 3 is 2.36 bits per heavy atom. The zero-order valence-corrected chi connectivity index (χ0v) is 14.0. The highest BCUT2D eigenvalue weighted by Gasteiger charge is 2.22. The molecule has 0 N–H and O–H groups in total. The zero-order valence-electron chi connectivity index (χ0n) is 13.2. The van der Waals surface area contributed by atoms with Crippen molar-refractivity contribution in [3.05, 3.63) is 57.3 Å². The fourth-order valence-electron chi connectivity index (χ4n) is 3.03. The second-order valence-corrected chi connectivity index (χ2v) is 6.86. The van der Waals surface area contributed by atoms with Crippen molar-refractivity contribution in [2.45, 2.75) is 20.4 Å². The first-order valence-corrected chi connectivity index (χ1v) is 8.67. The molecule has 1 aliphatic heterocycles. The van der Waals surface area contributed by atoms with Crippen LogP contribution >= 0.6 is 11.3 Å². The third kappa shape index (κ3) is 3.57. The molecule has 1 saturated heterocycles. The van der Waals surface area contributed by atoms with Crippen molar-refractivity contribution in [2.24, 2.45) is 0 Å². The van der Waals surface area contributed by atoms with E-state index in [0.717, 1.165) is 49.4 Å². The molecule has 22 heavy (non-hydrogen) atoms. The number of hydrogen-bond acceptors (Lipinski definition) is 3. The largest absolute Gasteiger partial charge is 0.336 e. The van der Waals surface area contributed by atoms with Crippen molar-refractivity contribution < 1.29 is 4.79 Å². The Morgan fingerprint density at radius 2 is 1.77 bits per heavy atom. The van der Waals surface area contributed by atoms with Gasteiger partial charge in [0.1, 0.15) is 0 Å². The lowest BCUT2D eigenvalue weighted by Crippen LogP contribution is -2.48. The van der Waals surface area contributed by atoms with Crippen LogP contribution in [0.15, 0.2) is 35.0 Å². The van der Waals surface area contributed by atoms with Crippen LogP contribution in [0.3, 0.4) is 0 Å². The molecule has 3 rings (SSSR count). The number of aryl methyl sites for hydroxylation is 2. The second-order valence-electron chi connectivity index (χ2n) is 6.08. The van der Waals surface area contributed by atoms with Crippen molar-refractivity contribution in [1.29, 1.82) is 0 Å². The van der Waals surface area contributed by atoms with Crippen molar-refractivity contribution in [3.8, 4) is 0 Å². The van der Waals surface area contributed by atoms with Gasteiger partial charge in [-0.2, -0.15) is 11.3 Å². The van der Waals surface area contributed by atoms with E-state index in [4.69, 9.17) is 0 Å². The minimum Gasteiger partial charge on any atom is -0.336 e. The Hall–Kier alpha value is -1.65. The van der Waals surface area contributed by atoms with E-state index >= 15 is 0 Å². The Labute approximate surface area is 136 Å². The van der Waals surface area contributed by atoms with Crippen molar-refractivity contribution in [2.75, 3.05) is 26.2 Å². The van der Waals surface area contributed by atoms with Crippen LogP contribution in [0, 0.1) is 13.8 Å². The molecule has 3 nitrogen and oxygen atoms in total. The highest BCUT2D eigenvalue weighted by Crippen LogP contribution is 2.15. The summed E-state index contributed by atoms with van der Waals surface area (Å²) in [7, 11) is 0. The standard InChI is InChI=1S/C18H22N2OS/c1-14-9-15(2)11-17(10-14)18(21)20-6-4-19(5-7-20)12-16-3-8-22-13-16/h3,8-11,13H,4-7,12H2,1-2H3. The van der Waals surface area contributed by atoms with Crippen LogP contribution in [-0.4, -0.2) is 41.9 Å². The summed E-state index contributed by atoms with van der Waals surface area (Å²) < 4.78 is 0. The summed E-state index contributed by atoms with van der Waals surface area (Å²) in [6, 6.07) is 8.27. The van der Waals surface area contributed by atoms with E-state index in [9.17, 15) is 4.79 Å². The van der Waals surface area contributed by atoms with Gasteiger partial charge in [-0.05, 0) is 48.4 Å². The Kier molecular flexibility index (Phi) is 4.60. The van der Waals surface area contributed by atoms with Gasteiger partial charge in [0.15, 0.2) is 0 Å². The molecule has 116 valence electrons. The molecule has 0 aliphatic carbocycles. The van der Waals surface area contributed by atoms with Gasteiger partial charge in [-0.15, -0.1) is 0 Å². The molecule has 1 amide bonds. The van der Waals surface area contributed by atoms with Gasteiger partial charge >= 0.3 is 0 Å². The molecule has 0 radical (unpaired) electrons. The fraction of sp³-hybridized carbons (Fsp3) is 0.389. The molecule has 1 fully saturated rings. The number of hydrogen-bond donors (Lipinski definition) is 0. The van der Waals surface area contributed by atoms with Gasteiger partial charge in [0.25, 0.3) is 5.91 Å². The predicted molar refractivity (Wildman–Crippen MR) is 91.4 cm³/mol. The maximum Gasteiger partial charge on any atom is 0.253 e. The number of amides is 1. The van der Waals surface area contributed by atoms with Crippen LogP contribution in [0.5, 0.6) is 0 Å². The van der Waals surface area contributed by atoms with Gasteiger partial charge in [0, 0.05) is 38.3 Å². The lowest BCUT2D eigenvalue weighted by atomic mass is 10.1. The van der Waals surface area contributed by atoms with Crippen LogP contribution in [-0.2, 0) is 6.54 Å². The summed E-state index contributed by atoms with van der Waals surface area (Å²) in [4.78, 5) is 17.0. The van der Waals surface area contributed by atoms with Gasteiger partial charge < -0.3 is 4.90 Å². The first-order chi connectivity index (χ1) is 10.6. The molecule has 1 aromatic carbocycles. The second kappa shape index (κ2) is 6.63. The summed E-state index contributed by atoms with van der Waals surface area (Å²) in [5.41, 5.74) is 4.50. The molecule has 0 saturated carbocycles. The Bertz CT molecular complexity index is 623.